The molecule has 2 nitrogen and oxygen atoms in total. The van der Waals surface area contributed by atoms with Crippen LogP contribution in [0.3, 0.4) is 0 Å². The van der Waals surface area contributed by atoms with E-state index in [1.165, 1.54) is 10.5 Å². The van der Waals surface area contributed by atoms with Crippen molar-refractivity contribution in [2.45, 2.75) is 56.3 Å². The van der Waals surface area contributed by atoms with Gasteiger partial charge in [0.25, 0.3) is 0 Å². The standard InChI is InChI=1S/C15H26N2S/c1-12(2)18-14-7-5-13(6-8-14)11-17-15(3,4)9-10-16/h5-8,12,17H,9-11,16H2,1-4H3. The van der Waals surface area contributed by atoms with Crippen molar-refractivity contribution in [3.8, 4) is 0 Å². The first kappa shape index (κ1) is 15.5. The molecule has 18 heavy (non-hydrogen) atoms. The quantitative estimate of drug-likeness (QED) is 0.743. The summed E-state index contributed by atoms with van der Waals surface area (Å²) in [6.45, 7) is 10.5. The summed E-state index contributed by atoms with van der Waals surface area (Å²) in [6, 6.07) is 8.82. The maximum Gasteiger partial charge on any atom is 0.0210 e. The third kappa shape index (κ3) is 5.89. The Kier molecular flexibility index (Phi) is 6.19. The fourth-order valence-electron chi connectivity index (χ4n) is 1.75. The van der Waals surface area contributed by atoms with Gasteiger partial charge in [-0.15, -0.1) is 11.8 Å². The minimum Gasteiger partial charge on any atom is -0.330 e. The van der Waals surface area contributed by atoms with Gasteiger partial charge in [-0.2, -0.15) is 0 Å². The number of hydrogen-bond donors (Lipinski definition) is 2. The number of hydrogen-bond acceptors (Lipinski definition) is 3. The molecule has 0 saturated carbocycles. The zero-order valence-corrected chi connectivity index (χ0v) is 12.8. The molecule has 1 aromatic carbocycles. The van der Waals surface area contributed by atoms with E-state index < -0.39 is 0 Å². The Morgan fingerprint density at radius 2 is 1.83 bits per heavy atom. The van der Waals surface area contributed by atoms with Crippen molar-refractivity contribution in [1.82, 2.24) is 5.32 Å². The van der Waals surface area contributed by atoms with Gasteiger partial charge in [0.1, 0.15) is 0 Å². The fourth-order valence-corrected chi connectivity index (χ4v) is 2.59. The predicted molar refractivity (Wildman–Crippen MR) is 82.0 cm³/mol. The van der Waals surface area contributed by atoms with E-state index in [1.807, 2.05) is 11.8 Å². The zero-order valence-electron chi connectivity index (χ0n) is 12.0. The number of rotatable bonds is 7. The van der Waals surface area contributed by atoms with Crippen molar-refractivity contribution in [2.75, 3.05) is 6.54 Å². The second-order valence-corrected chi connectivity index (χ2v) is 7.24. The Morgan fingerprint density at radius 3 is 2.33 bits per heavy atom. The second kappa shape index (κ2) is 7.17. The molecule has 3 N–H and O–H groups in total. The molecule has 0 bridgehead atoms. The molecule has 0 aromatic heterocycles. The third-order valence-corrected chi connectivity index (χ3v) is 3.85. The highest BCUT2D eigenvalue weighted by Crippen LogP contribution is 2.23. The molecular weight excluding hydrogens is 240 g/mol. The number of nitrogens with one attached hydrogen (secondary N) is 1. The van der Waals surface area contributed by atoms with Crippen molar-refractivity contribution < 1.29 is 0 Å². The van der Waals surface area contributed by atoms with E-state index in [0.717, 1.165) is 19.5 Å². The highest BCUT2D eigenvalue weighted by molar-refractivity contribution is 7.99. The molecule has 0 fully saturated rings. The number of thioether (sulfide) groups is 1. The van der Waals surface area contributed by atoms with Crippen molar-refractivity contribution in [1.29, 1.82) is 0 Å². The lowest BCUT2D eigenvalue weighted by atomic mass is 10.0. The minimum atomic E-state index is 0.111. The first-order chi connectivity index (χ1) is 8.43. The van der Waals surface area contributed by atoms with Gasteiger partial charge in [0.2, 0.25) is 0 Å². The van der Waals surface area contributed by atoms with Gasteiger partial charge in [0.05, 0.1) is 0 Å². The minimum absolute atomic E-state index is 0.111. The Bertz CT molecular complexity index is 344. The summed E-state index contributed by atoms with van der Waals surface area (Å²) < 4.78 is 0. The molecule has 0 atom stereocenters. The average molecular weight is 266 g/mol. The van der Waals surface area contributed by atoms with Gasteiger partial charge >= 0.3 is 0 Å². The van der Waals surface area contributed by atoms with Crippen LogP contribution in [0.5, 0.6) is 0 Å². The molecule has 3 heteroatoms. The molecule has 1 aromatic rings. The number of benzene rings is 1. The molecule has 0 aliphatic heterocycles. The Hall–Kier alpha value is -0.510. The number of nitrogens with two attached hydrogens (primary N) is 1. The van der Waals surface area contributed by atoms with E-state index in [2.05, 4.69) is 57.3 Å². The summed E-state index contributed by atoms with van der Waals surface area (Å²) in [6.07, 6.45) is 0.994. The van der Waals surface area contributed by atoms with Crippen LogP contribution < -0.4 is 11.1 Å². The largest absolute Gasteiger partial charge is 0.330 e. The first-order valence-electron chi connectivity index (χ1n) is 6.63. The van der Waals surface area contributed by atoms with Crippen LogP contribution in [0.2, 0.25) is 0 Å². The van der Waals surface area contributed by atoms with Gasteiger partial charge < -0.3 is 11.1 Å². The van der Waals surface area contributed by atoms with Crippen molar-refractivity contribution in [2.24, 2.45) is 5.73 Å². The molecule has 102 valence electrons. The SMILES string of the molecule is CC(C)Sc1ccc(CNC(C)(C)CCN)cc1. The highest BCUT2D eigenvalue weighted by atomic mass is 32.2. The maximum atomic E-state index is 5.61. The van der Waals surface area contributed by atoms with Crippen LogP contribution in [0, 0.1) is 0 Å². The van der Waals surface area contributed by atoms with Crippen LogP contribution >= 0.6 is 11.8 Å². The molecule has 0 spiro atoms. The smallest absolute Gasteiger partial charge is 0.0210 e. The van der Waals surface area contributed by atoms with Gasteiger partial charge in [-0.1, -0.05) is 26.0 Å². The van der Waals surface area contributed by atoms with Crippen LogP contribution in [0.4, 0.5) is 0 Å². The molecular formula is C15H26N2S. The van der Waals surface area contributed by atoms with Crippen molar-refractivity contribution >= 4 is 11.8 Å². The van der Waals surface area contributed by atoms with Crippen molar-refractivity contribution in [3.05, 3.63) is 29.8 Å². The molecule has 0 unspecified atom stereocenters. The first-order valence-corrected chi connectivity index (χ1v) is 7.51. The van der Waals surface area contributed by atoms with Crippen LogP contribution in [-0.2, 0) is 6.54 Å². The van der Waals surface area contributed by atoms with Crippen molar-refractivity contribution in [3.63, 3.8) is 0 Å². The fraction of sp³-hybridized carbons (Fsp3) is 0.600. The average Bonchev–Trinajstić information content (AvgIpc) is 2.27. The van der Waals surface area contributed by atoms with E-state index >= 15 is 0 Å². The Labute approximate surface area is 116 Å². The van der Waals surface area contributed by atoms with E-state index in [4.69, 9.17) is 5.73 Å². The van der Waals surface area contributed by atoms with Crippen LogP contribution in [-0.4, -0.2) is 17.3 Å². The normalized spacial score (nSPS) is 12.1. The topological polar surface area (TPSA) is 38.0 Å². The van der Waals surface area contributed by atoms with Gasteiger partial charge in [-0.3, -0.25) is 0 Å². The molecule has 0 aliphatic rings. The van der Waals surface area contributed by atoms with Gasteiger partial charge in [0, 0.05) is 22.2 Å². The van der Waals surface area contributed by atoms with E-state index in [-0.39, 0.29) is 5.54 Å². The Morgan fingerprint density at radius 1 is 1.22 bits per heavy atom. The summed E-state index contributed by atoms with van der Waals surface area (Å²) >= 11 is 1.90. The molecule has 0 amide bonds. The van der Waals surface area contributed by atoms with Crippen LogP contribution in [0.25, 0.3) is 0 Å². The summed E-state index contributed by atoms with van der Waals surface area (Å²) in [5.41, 5.74) is 7.05. The van der Waals surface area contributed by atoms with Gasteiger partial charge in [-0.25, -0.2) is 0 Å². The molecule has 0 saturated heterocycles. The predicted octanol–water partition coefficient (Wildman–Crippen LogP) is 3.40. The lowest BCUT2D eigenvalue weighted by Gasteiger charge is -2.25. The molecule has 0 aliphatic carbocycles. The van der Waals surface area contributed by atoms with E-state index in [0.29, 0.717) is 5.25 Å². The maximum absolute atomic E-state index is 5.61. The summed E-state index contributed by atoms with van der Waals surface area (Å²) in [7, 11) is 0. The van der Waals surface area contributed by atoms with Crippen LogP contribution in [0.1, 0.15) is 39.7 Å². The lowest BCUT2D eigenvalue weighted by Crippen LogP contribution is -2.40. The van der Waals surface area contributed by atoms with Crippen LogP contribution in [0.15, 0.2) is 29.2 Å². The van der Waals surface area contributed by atoms with Gasteiger partial charge in [-0.05, 0) is 44.5 Å². The second-order valence-electron chi connectivity index (χ2n) is 5.59. The monoisotopic (exact) mass is 266 g/mol. The zero-order chi connectivity index (χ0) is 13.6. The Balaban J connectivity index is 2.48. The summed E-state index contributed by atoms with van der Waals surface area (Å²) in [5.74, 6) is 0. The lowest BCUT2D eigenvalue weighted by molar-refractivity contribution is 0.365. The third-order valence-electron chi connectivity index (χ3n) is 2.84. The van der Waals surface area contributed by atoms with E-state index in [1.54, 1.807) is 0 Å². The van der Waals surface area contributed by atoms with E-state index in [9.17, 15) is 0 Å². The molecule has 0 radical (unpaired) electrons. The van der Waals surface area contributed by atoms with Gasteiger partial charge in [0.15, 0.2) is 0 Å². The molecule has 1 rings (SSSR count). The summed E-state index contributed by atoms with van der Waals surface area (Å²) in [4.78, 5) is 1.34. The summed E-state index contributed by atoms with van der Waals surface area (Å²) in [5, 5.41) is 4.19. The highest BCUT2D eigenvalue weighted by Gasteiger charge is 2.15. The molecule has 0 heterocycles.